The highest BCUT2D eigenvalue weighted by atomic mass is 32.2. The molecular formula is C30H36FN3O5S. The standard InChI is InChI=1S/C30H36FN3O5S/c1-5-22(3)32-30(36)23(4)33(20-24-12-10-11-15-28(24)31)29(35)21-34(25-13-8-7-9-14-25)40(37,38)27-18-16-26(17-19-27)39-6-2/h7-19,22-23H,5-6,20-21H2,1-4H3,(H,32,36)/t22-,23+/m0/s1. The molecule has 2 atom stereocenters. The zero-order valence-corrected chi connectivity index (χ0v) is 24.0. The molecule has 0 heterocycles. The van der Waals surface area contributed by atoms with E-state index in [1.807, 2.05) is 20.8 Å². The molecule has 0 spiro atoms. The van der Waals surface area contributed by atoms with Gasteiger partial charge in [0.1, 0.15) is 24.2 Å². The SMILES string of the molecule is CCOc1ccc(S(=O)(=O)N(CC(=O)N(Cc2ccccc2F)[C@H](C)C(=O)N[C@@H](C)CC)c2ccccc2)cc1. The van der Waals surface area contributed by atoms with Gasteiger partial charge in [0.25, 0.3) is 10.0 Å². The minimum absolute atomic E-state index is 0.0316. The van der Waals surface area contributed by atoms with Gasteiger partial charge in [0.05, 0.1) is 17.2 Å². The number of nitrogens with zero attached hydrogens (tertiary/aromatic N) is 2. The summed E-state index contributed by atoms with van der Waals surface area (Å²) < 4.78 is 48.7. The highest BCUT2D eigenvalue weighted by Crippen LogP contribution is 2.26. The van der Waals surface area contributed by atoms with E-state index < -0.39 is 40.2 Å². The van der Waals surface area contributed by atoms with Gasteiger partial charge in [-0.15, -0.1) is 0 Å². The fourth-order valence-corrected chi connectivity index (χ4v) is 5.40. The monoisotopic (exact) mass is 569 g/mol. The maximum atomic E-state index is 14.6. The van der Waals surface area contributed by atoms with Crippen LogP contribution in [-0.2, 0) is 26.2 Å². The van der Waals surface area contributed by atoms with Crippen LogP contribution in [0.15, 0.2) is 83.8 Å². The summed E-state index contributed by atoms with van der Waals surface area (Å²) in [7, 11) is -4.21. The molecule has 8 nitrogen and oxygen atoms in total. The molecule has 0 fully saturated rings. The summed E-state index contributed by atoms with van der Waals surface area (Å²) in [5, 5.41) is 2.85. The van der Waals surface area contributed by atoms with Gasteiger partial charge in [-0.1, -0.05) is 43.3 Å². The second kappa shape index (κ2) is 13.9. The number of benzene rings is 3. The Hall–Kier alpha value is -3.92. The van der Waals surface area contributed by atoms with E-state index >= 15 is 0 Å². The molecule has 3 aromatic rings. The van der Waals surface area contributed by atoms with Crippen LogP contribution in [0.2, 0.25) is 0 Å². The highest BCUT2D eigenvalue weighted by Gasteiger charge is 2.33. The van der Waals surface area contributed by atoms with Crippen LogP contribution in [-0.4, -0.2) is 50.4 Å². The summed E-state index contributed by atoms with van der Waals surface area (Å²) in [6.45, 7) is 6.74. The van der Waals surface area contributed by atoms with Crippen LogP contribution in [0.3, 0.4) is 0 Å². The molecule has 0 aliphatic carbocycles. The number of para-hydroxylation sites is 1. The van der Waals surface area contributed by atoms with E-state index in [1.54, 1.807) is 55.5 Å². The van der Waals surface area contributed by atoms with E-state index in [0.29, 0.717) is 18.8 Å². The van der Waals surface area contributed by atoms with E-state index in [9.17, 15) is 22.4 Å². The number of carbonyl (C=O) groups is 2. The zero-order valence-electron chi connectivity index (χ0n) is 23.2. The number of nitrogens with one attached hydrogen (secondary N) is 1. The Labute approximate surface area is 235 Å². The predicted octanol–water partition coefficient (Wildman–Crippen LogP) is 4.75. The average Bonchev–Trinajstić information content (AvgIpc) is 2.95. The van der Waals surface area contributed by atoms with Crippen LogP contribution in [0.1, 0.15) is 39.7 Å². The van der Waals surface area contributed by atoms with Crippen LogP contribution in [0, 0.1) is 5.82 Å². The molecule has 10 heteroatoms. The molecule has 0 radical (unpaired) electrons. The van der Waals surface area contributed by atoms with E-state index in [-0.39, 0.29) is 28.7 Å². The lowest BCUT2D eigenvalue weighted by Crippen LogP contribution is -2.52. The van der Waals surface area contributed by atoms with Crippen molar-refractivity contribution in [2.45, 2.75) is 57.6 Å². The second-order valence-corrected chi connectivity index (χ2v) is 11.2. The topological polar surface area (TPSA) is 96.0 Å². The van der Waals surface area contributed by atoms with Crippen LogP contribution >= 0.6 is 0 Å². The zero-order chi connectivity index (χ0) is 29.3. The van der Waals surface area contributed by atoms with Crippen LogP contribution in [0.5, 0.6) is 5.75 Å². The smallest absolute Gasteiger partial charge is 0.264 e. The van der Waals surface area contributed by atoms with Crippen molar-refractivity contribution in [3.8, 4) is 5.75 Å². The van der Waals surface area contributed by atoms with Crippen molar-refractivity contribution in [3.63, 3.8) is 0 Å². The lowest BCUT2D eigenvalue weighted by molar-refractivity contribution is -0.139. The van der Waals surface area contributed by atoms with E-state index in [2.05, 4.69) is 5.32 Å². The molecule has 0 aliphatic rings. The first-order valence-electron chi connectivity index (χ1n) is 13.2. The fraction of sp³-hybridized carbons (Fsp3) is 0.333. The summed E-state index contributed by atoms with van der Waals surface area (Å²) in [5.41, 5.74) is 0.479. The molecule has 0 unspecified atom stereocenters. The third-order valence-corrected chi connectivity index (χ3v) is 8.30. The van der Waals surface area contributed by atoms with Crippen molar-refractivity contribution < 1.29 is 27.1 Å². The second-order valence-electron chi connectivity index (χ2n) is 9.36. The fourth-order valence-electron chi connectivity index (χ4n) is 3.98. The Morgan fingerprint density at radius 1 is 0.925 bits per heavy atom. The highest BCUT2D eigenvalue weighted by molar-refractivity contribution is 7.92. The van der Waals surface area contributed by atoms with E-state index in [1.165, 1.54) is 35.2 Å². The van der Waals surface area contributed by atoms with Gasteiger partial charge in [-0.25, -0.2) is 12.8 Å². The molecule has 0 aliphatic heterocycles. The van der Waals surface area contributed by atoms with E-state index in [0.717, 1.165) is 4.31 Å². The number of hydrogen-bond donors (Lipinski definition) is 1. The van der Waals surface area contributed by atoms with Crippen LogP contribution in [0.25, 0.3) is 0 Å². The number of carbonyl (C=O) groups excluding carboxylic acids is 2. The summed E-state index contributed by atoms with van der Waals surface area (Å²) in [6, 6.07) is 19.0. The lowest BCUT2D eigenvalue weighted by atomic mass is 10.1. The van der Waals surface area contributed by atoms with Gasteiger partial charge < -0.3 is 15.0 Å². The first-order chi connectivity index (χ1) is 19.1. The molecular weight excluding hydrogens is 533 g/mol. The van der Waals surface area contributed by atoms with Gasteiger partial charge in [0.2, 0.25) is 11.8 Å². The summed E-state index contributed by atoms with van der Waals surface area (Å²) in [6.07, 6.45) is 0.682. The Balaban J connectivity index is 2.00. The molecule has 40 heavy (non-hydrogen) atoms. The van der Waals surface area contributed by atoms with E-state index in [4.69, 9.17) is 4.74 Å². The number of amides is 2. The number of ether oxygens (including phenoxy) is 1. The maximum Gasteiger partial charge on any atom is 0.264 e. The molecule has 1 N–H and O–H groups in total. The molecule has 0 saturated heterocycles. The quantitative estimate of drug-likeness (QED) is 0.321. The molecule has 2 amide bonds. The van der Waals surface area contributed by atoms with Crippen molar-refractivity contribution in [2.75, 3.05) is 17.5 Å². The van der Waals surface area contributed by atoms with Crippen molar-refractivity contribution >= 4 is 27.5 Å². The van der Waals surface area contributed by atoms with Gasteiger partial charge >= 0.3 is 0 Å². The van der Waals surface area contributed by atoms with Crippen LogP contribution in [0.4, 0.5) is 10.1 Å². The molecule has 3 aromatic carbocycles. The molecule has 0 bridgehead atoms. The number of halogens is 1. The van der Waals surface area contributed by atoms with Gasteiger partial charge in [-0.3, -0.25) is 13.9 Å². The summed E-state index contributed by atoms with van der Waals surface area (Å²) >= 11 is 0. The Morgan fingerprint density at radius 2 is 1.55 bits per heavy atom. The Morgan fingerprint density at radius 3 is 2.15 bits per heavy atom. The largest absolute Gasteiger partial charge is 0.494 e. The molecule has 0 saturated carbocycles. The lowest BCUT2D eigenvalue weighted by Gasteiger charge is -2.32. The number of rotatable bonds is 13. The number of anilines is 1. The first-order valence-corrected chi connectivity index (χ1v) is 14.7. The minimum atomic E-state index is -4.21. The van der Waals surface area contributed by atoms with Crippen LogP contribution < -0.4 is 14.4 Å². The predicted molar refractivity (Wildman–Crippen MR) is 153 cm³/mol. The van der Waals surface area contributed by atoms with Crippen molar-refractivity contribution in [1.82, 2.24) is 10.2 Å². The van der Waals surface area contributed by atoms with Crippen molar-refractivity contribution in [2.24, 2.45) is 0 Å². The summed E-state index contributed by atoms with van der Waals surface area (Å²) in [4.78, 5) is 28.1. The normalized spacial score (nSPS) is 12.7. The van der Waals surface area contributed by atoms with Gasteiger partial charge in [0, 0.05) is 18.2 Å². The average molecular weight is 570 g/mol. The molecule has 0 aromatic heterocycles. The minimum Gasteiger partial charge on any atom is -0.494 e. The first kappa shape index (κ1) is 30.6. The Bertz CT molecular complexity index is 1380. The van der Waals surface area contributed by atoms with Crippen molar-refractivity contribution in [3.05, 3.63) is 90.2 Å². The maximum absolute atomic E-state index is 14.6. The Kier molecular flexibility index (Phi) is 10.7. The number of sulfonamides is 1. The molecule has 3 rings (SSSR count). The summed E-state index contributed by atoms with van der Waals surface area (Å²) in [5.74, 6) is -1.09. The van der Waals surface area contributed by atoms with Gasteiger partial charge in [-0.05, 0) is 69.7 Å². The van der Waals surface area contributed by atoms with Crippen molar-refractivity contribution in [1.29, 1.82) is 0 Å². The number of hydrogen-bond acceptors (Lipinski definition) is 5. The van der Waals surface area contributed by atoms with Gasteiger partial charge in [-0.2, -0.15) is 0 Å². The molecule has 214 valence electrons. The third kappa shape index (κ3) is 7.59. The third-order valence-electron chi connectivity index (χ3n) is 6.51. The van der Waals surface area contributed by atoms with Gasteiger partial charge in [0.15, 0.2) is 0 Å².